The fourth-order valence-electron chi connectivity index (χ4n) is 3.43. The van der Waals surface area contributed by atoms with Crippen molar-refractivity contribution in [2.45, 2.75) is 39.4 Å². The maximum atomic E-state index is 12.6. The van der Waals surface area contributed by atoms with Gasteiger partial charge >= 0.3 is 6.03 Å². The first-order valence-corrected chi connectivity index (χ1v) is 14.5. The number of nitrogens with one attached hydrogen (secondary N) is 2. The van der Waals surface area contributed by atoms with Crippen molar-refractivity contribution in [1.29, 1.82) is 0 Å². The van der Waals surface area contributed by atoms with Gasteiger partial charge in [-0.3, -0.25) is 10.3 Å². The maximum absolute atomic E-state index is 12.6. The van der Waals surface area contributed by atoms with Gasteiger partial charge in [0.05, 0.1) is 30.4 Å². The van der Waals surface area contributed by atoms with Crippen molar-refractivity contribution in [3.8, 4) is 17.2 Å². The molecule has 2 amide bonds. The van der Waals surface area contributed by atoms with Crippen LogP contribution in [0.2, 0.25) is 19.6 Å². The Kier molecular flexibility index (Phi) is 7.88. The first kappa shape index (κ1) is 23.8. The van der Waals surface area contributed by atoms with Crippen molar-refractivity contribution >= 4 is 25.6 Å². The van der Waals surface area contributed by atoms with E-state index in [0.717, 1.165) is 30.8 Å². The molecule has 0 radical (unpaired) electrons. The molecule has 0 bridgehead atoms. The molecule has 170 valence electrons. The number of aromatic nitrogens is 2. The number of hydrogen-bond donors (Lipinski definition) is 2. The van der Waals surface area contributed by atoms with Crippen molar-refractivity contribution in [2.75, 3.05) is 37.4 Å². The number of carbonyl (C=O) groups is 1. The van der Waals surface area contributed by atoms with E-state index in [4.69, 9.17) is 4.74 Å². The summed E-state index contributed by atoms with van der Waals surface area (Å²) in [7, 11) is 0.627. The Morgan fingerprint density at radius 3 is 2.75 bits per heavy atom. The van der Waals surface area contributed by atoms with Crippen molar-refractivity contribution in [3.63, 3.8) is 0 Å². The molecule has 2 N–H and O–H groups in total. The fraction of sp³-hybridized carbons (Fsp3) is 0.458. The van der Waals surface area contributed by atoms with Crippen LogP contribution in [0.25, 0.3) is 0 Å². The minimum atomic E-state index is -1.51. The second kappa shape index (κ2) is 10.6. The molecule has 7 nitrogen and oxygen atoms in total. The van der Waals surface area contributed by atoms with E-state index >= 15 is 0 Å². The van der Waals surface area contributed by atoms with Crippen molar-refractivity contribution in [3.05, 3.63) is 41.9 Å². The summed E-state index contributed by atoms with van der Waals surface area (Å²) in [6.07, 6.45) is 5.47. The molecule has 3 rings (SSSR count). The van der Waals surface area contributed by atoms with Gasteiger partial charge in [-0.25, -0.2) is 9.78 Å². The molecule has 0 spiro atoms. The van der Waals surface area contributed by atoms with Crippen LogP contribution in [0.3, 0.4) is 0 Å². The SMILES string of the molecule is Cc1cnc(NC(=O)Nc2cc(C#C[Si](C)(C)C)ccc2OCC2CCCN(C)C2)cn1. The smallest absolute Gasteiger partial charge is 0.325 e. The van der Waals surface area contributed by atoms with Crippen LogP contribution in [-0.4, -0.2) is 55.7 Å². The third kappa shape index (κ3) is 7.66. The lowest BCUT2D eigenvalue weighted by molar-refractivity contribution is 0.151. The summed E-state index contributed by atoms with van der Waals surface area (Å²) in [5.41, 5.74) is 5.60. The molecule has 1 unspecified atom stereocenters. The molecule has 1 aromatic heterocycles. The van der Waals surface area contributed by atoms with Crippen LogP contribution in [0, 0.1) is 24.3 Å². The van der Waals surface area contributed by atoms with Crippen LogP contribution in [0.15, 0.2) is 30.6 Å². The van der Waals surface area contributed by atoms with E-state index in [9.17, 15) is 4.79 Å². The third-order valence-electron chi connectivity index (χ3n) is 5.03. The quantitative estimate of drug-likeness (QED) is 0.521. The summed E-state index contributed by atoms with van der Waals surface area (Å²) in [6.45, 7) is 11.2. The van der Waals surface area contributed by atoms with Crippen LogP contribution in [0.5, 0.6) is 5.75 Å². The second-order valence-electron chi connectivity index (χ2n) is 9.41. The van der Waals surface area contributed by atoms with Crippen molar-refractivity contribution < 1.29 is 9.53 Å². The lowest BCUT2D eigenvalue weighted by atomic mass is 9.99. The lowest BCUT2D eigenvalue weighted by Gasteiger charge is -2.29. The van der Waals surface area contributed by atoms with Gasteiger partial charge in [-0.1, -0.05) is 25.6 Å². The predicted octanol–water partition coefficient (Wildman–Crippen LogP) is 4.38. The highest BCUT2D eigenvalue weighted by Crippen LogP contribution is 2.27. The average molecular weight is 452 g/mol. The highest BCUT2D eigenvalue weighted by atomic mass is 28.3. The second-order valence-corrected chi connectivity index (χ2v) is 14.2. The number of anilines is 2. The summed E-state index contributed by atoms with van der Waals surface area (Å²) in [6, 6.07) is 5.31. The molecule has 0 aliphatic carbocycles. The first-order valence-electron chi connectivity index (χ1n) is 11.0. The number of ether oxygens (including phenoxy) is 1. The molecule has 1 aliphatic heterocycles. The summed E-state index contributed by atoms with van der Waals surface area (Å²) in [4.78, 5) is 23.3. The number of hydrogen-bond acceptors (Lipinski definition) is 5. The Bertz CT molecular complexity index is 992. The number of urea groups is 1. The van der Waals surface area contributed by atoms with E-state index in [2.05, 4.69) is 63.7 Å². The highest BCUT2D eigenvalue weighted by Gasteiger charge is 2.19. The summed E-state index contributed by atoms with van der Waals surface area (Å²) in [5.74, 6) is 4.75. The minimum Gasteiger partial charge on any atom is -0.491 e. The number of amides is 2. The van der Waals surface area contributed by atoms with Gasteiger partial charge in [-0.05, 0) is 51.6 Å². The van der Waals surface area contributed by atoms with Crippen molar-refractivity contribution in [1.82, 2.24) is 14.9 Å². The van der Waals surface area contributed by atoms with Gasteiger partial charge in [0.15, 0.2) is 5.82 Å². The van der Waals surface area contributed by atoms with Gasteiger partial charge in [-0.2, -0.15) is 0 Å². The zero-order chi connectivity index (χ0) is 23.1. The van der Waals surface area contributed by atoms with Gasteiger partial charge in [-0.15, -0.1) is 5.54 Å². The number of piperidine rings is 1. The minimum absolute atomic E-state index is 0.385. The first-order chi connectivity index (χ1) is 15.2. The van der Waals surface area contributed by atoms with Crippen LogP contribution in [0.4, 0.5) is 16.3 Å². The number of benzene rings is 1. The number of likely N-dealkylation sites (tertiary alicyclic amines) is 1. The van der Waals surface area contributed by atoms with Gasteiger partial charge in [0.2, 0.25) is 0 Å². The molecule has 1 atom stereocenters. The number of aryl methyl sites for hydroxylation is 1. The fourth-order valence-corrected chi connectivity index (χ4v) is 3.95. The van der Waals surface area contributed by atoms with Gasteiger partial charge in [0.1, 0.15) is 13.8 Å². The Hall–Kier alpha value is -2.89. The summed E-state index contributed by atoms with van der Waals surface area (Å²) in [5, 5.41) is 5.61. The molecule has 1 aliphatic rings. The van der Waals surface area contributed by atoms with Crippen molar-refractivity contribution in [2.24, 2.45) is 5.92 Å². The Labute approximate surface area is 192 Å². The predicted molar refractivity (Wildman–Crippen MR) is 132 cm³/mol. The largest absolute Gasteiger partial charge is 0.491 e. The van der Waals surface area contributed by atoms with Crippen LogP contribution in [0.1, 0.15) is 24.1 Å². The maximum Gasteiger partial charge on any atom is 0.325 e. The molecule has 1 saturated heterocycles. The molecule has 2 aromatic rings. The normalized spacial score (nSPS) is 16.6. The molecule has 2 heterocycles. The molecule has 1 aromatic carbocycles. The zero-order valence-electron chi connectivity index (χ0n) is 19.7. The number of nitrogens with zero attached hydrogens (tertiary/aromatic N) is 3. The number of rotatable bonds is 5. The lowest BCUT2D eigenvalue weighted by Crippen LogP contribution is -2.34. The average Bonchev–Trinajstić information content (AvgIpc) is 2.73. The van der Waals surface area contributed by atoms with Gasteiger partial charge < -0.3 is 15.0 Å². The molecule has 32 heavy (non-hydrogen) atoms. The van der Waals surface area contributed by atoms with Crippen LogP contribution < -0.4 is 15.4 Å². The van der Waals surface area contributed by atoms with E-state index in [1.807, 2.05) is 25.1 Å². The summed E-state index contributed by atoms with van der Waals surface area (Å²) < 4.78 is 6.16. The van der Waals surface area contributed by atoms with Crippen LogP contribution in [-0.2, 0) is 0 Å². The van der Waals surface area contributed by atoms with Gasteiger partial charge in [0, 0.05) is 18.0 Å². The molecular weight excluding hydrogens is 418 g/mol. The van der Waals surface area contributed by atoms with E-state index < -0.39 is 14.1 Å². The summed E-state index contributed by atoms with van der Waals surface area (Å²) >= 11 is 0. The Morgan fingerprint density at radius 2 is 2.06 bits per heavy atom. The van der Waals surface area contributed by atoms with E-state index in [-0.39, 0.29) is 0 Å². The van der Waals surface area contributed by atoms with E-state index in [0.29, 0.717) is 29.8 Å². The van der Waals surface area contributed by atoms with Gasteiger partial charge in [0.25, 0.3) is 0 Å². The number of carbonyl (C=O) groups excluding carboxylic acids is 1. The third-order valence-corrected chi connectivity index (χ3v) is 5.90. The standard InChI is InChI=1S/C24H33N5O2Si/c1-18-14-26-23(15-25-18)28-24(30)27-21-13-19(10-12-32(3,4)5)8-9-22(21)31-17-20-7-6-11-29(2)16-20/h8-9,13-15,20H,6-7,11,16-17H2,1-5H3,(H2,26,27,28,30). The molecule has 8 heteroatoms. The molecule has 0 saturated carbocycles. The van der Waals surface area contributed by atoms with E-state index in [1.54, 1.807) is 6.20 Å². The Morgan fingerprint density at radius 1 is 1.25 bits per heavy atom. The zero-order valence-corrected chi connectivity index (χ0v) is 20.7. The highest BCUT2D eigenvalue weighted by molar-refractivity contribution is 6.83. The van der Waals surface area contributed by atoms with Crippen LogP contribution >= 0.6 is 0 Å². The van der Waals surface area contributed by atoms with E-state index in [1.165, 1.54) is 12.6 Å². The molecule has 1 fully saturated rings. The topological polar surface area (TPSA) is 79.4 Å². The monoisotopic (exact) mass is 451 g/mol. The molecular formula is C24H33N5O2Si. The Balaban J connectivity index is 1.75.